The molecule has 0 aromatic heterocycles. The van der Waals surface area contributed by atoms with Crippen LogP contribution in [0.3, 0.4) is 0 Å². The van der Waals surface area contributed by atoms with Gasteiger partial charge >= 0.3 is 6.09 Å². The quantitative estimate of drug-likeness (QED) is 0.898. The van der Waals surface area contributed by atoms with Gasteiger partial charge in [0, 0.05) is 30.6 Å². The fourth-order valence-corrected chi connectivity index (χ4v) is 3.70. The lowest BCUT2D eigenvalue weighted by Crippen LogP contribution is -2.34. The van der Waals surface area contributed by atoms with E-state index in [0.29, 0.717) is 17.3 Å². The lowest BCUT2D eigenvalue weighted by molar-refractivity contribution is 0.0443. The van der Waals surface area contributed by atoms with Crippen molar-refractivity contribution in [3.63, 3.8) is 0 Å². The van der Waals surface area contributed by atoms with E-state index in [9.17, 15) is 4.79 Å². The number of alkyl carbamates (subject to hydrolysis) is 1. The second-order valence-corrected chi connectivity index (χ2v) is 6.76. The van der Waals surface area contributed by atoms with Gasteiger partial charge in [0.05, 0.1) is 6.54 Å². The van der Waals surface area contributed by atoms with Gasteiger partial charge in [-0.3, -0.25) is 4.90 Å². The van der Waals surface area contributed by atoms with Crippen molar-refractivity contribution in [2.75, 3.05) is 26.4 Å². The zero-order valence-electron chi connectivity index (χ0n) is 12.8. The van der Waals surface area contributed by atoms with E-state index in [-0.39, 0.29) is 18.5 Å². The fraction of sp³-hybridized carbons (Fsp3) is 0.562. The first-order chi connectivity index (χ1) is 11.1. The zero-order valence-corrected chi connectivity index (χ0v) is 13.5. The van der Waals surface area contributed by atoms with Crippen molar-refractivity contribution in [1.82, 2.24) is 10.2 Å². The van der Waals surface area contributed by atoms with Crippen molar-refractivity contribution in [3.8, 4) is 11.5 Å². The molecule has 2 fully saturated rings. The molecule has 1 atom stereocenters. The maximum absolute atomic E-state index is 11.4. The third-order valence-corrected chi connectivity index (χ3v) is 5.14. The summed E-state index contributed by atoms with van der Waals surface area (Å²) in [6, 6.07) is 3.78. The number of benzene rings is 1. The molecule has 1 amide bonds. The van der Waals surface area contributed by atoms with Crippen LogP contribution < -0.4 is 14.8 Å². The van der Waals surface area contributed by atoms with Crippen LogP contribution in [0.4, 0.5) is 4.79 Å². The molecule has 3 aliphatic heterocycles. The molecule has 0 aliphatic carbocycles. The number of likely N-dealkylation sites (tertiary alicyclic amines) is 1. The van der Waals surface area contributed by atoms with Gasteiger partial charge in [-0.2, -0.15) is 0 Å². The minimum absolute atomic E-state index is 0.250. The van der Waals surface area contributed by atoms with Gasteiger partial charge in [0.1, 0.15) is 5.60 Å². The number of ether oxygens (including phenoxy) is 3. The van der Waals surface area contributed by atoms with Crippen molar-refractivity contribution < 1.29 is 19.0 Å². The van der Waals surface area contributed by atoms with E-state index in [2.05, 4.69) is 10.2 Å². The molecule has 124 valence electrons. The Labute approximate surface area is 139 Å². The number of amides is 1. The maximum atomic E-state index is 11.4. The number of halogens is 1. The number of hydrogen-bond acceptors (Lipinski definition) is 5. The number of fused-ring (bicyclic) bond motifs is 1. The molecular weight excluding hydrogens is 320 g/mol. The van der Waals surface area contributed by atoms with Gasteiger partial charge in [0.15, 0.2) is 11.5 Å². The van der Waals surface area contributed by atoms with Crippen molar-refractivity contribution >= 4 is 17.7 Å². The van der Waals surface area contributed by atoms with E-state index < -0.39 is 0 Å². The molecule has 4 rings (SSSR count). The topological polar surface area (TPSA) is 60.0 Å². The number of hydrogen-bond donors (Lipinski definition) is 1. The average Bonchev–Trinajstić information content (AvgIpc) is 3.06. The predicted molar refractivity (Wildman–Crippen MR) is 83.9 cm³/mol. The molecule has 7 heteroatoms. The van der Waals surface area contributed by atoms with Crippen LogP contribution in [0.15, 0.2) is 12.1 Å². The summed E-state index contributed by atoms with van der Waals surface area (Å²) in [5, 5.41) is 3.47. The van der Waals surface area contributed by atoms with Crippen molar-refractivity contribution in [3.05, 3.63) is 22.7 Å². The lowest BCUT2D eigenvalue weighted by Gasteiger charge is -2.25. The molecular formula is C16H19ClN2O4. The molecule has 1 aromatic rings. The third-order valence-electron chi connectivity index (χ3n) is 4.79. The SMILES string of the molecule is O=C1NC[C@@]2(CCCN(Cc3cc4c(cc3Cl)OCO4)CC2)O1. The van der Waals surface area contributed by atoms with E-state index >= 15 is 0 Å². The Kier molecular flexibility index (Phi) is 3.73. The van der Waals surface area contributed by atoms with Crippen LogP contribution in [0.5, 0.6) is 11.5 Å². The smallest absolute Gasteiger partial charge is 0.407 e. The average molecular weight is 339 g/mol. The molecule has 0 unspecified atom stereocenters. The van der Waals surface area contributed by atoms with Gasteiger partial charge < -0.3 is 19.5 Å². The minimum Gasteiger partial charge on any atom is -0.454 e. The highest BCUT2D eigenvalue weighted by molar-refractivity contribution is 6.31. The predicted octanol–water partition coefficient (Wildman–Crippen LogP) is 2.53. The molecule has 3 heterocycles. The number of carbonyl (C=O) groups is 1. The first-order valence-corrected chi connectivity index (χ1v) is 8.29. The Bertz CT molecular complexity index is 639. The van der Waals surface area contributed by atoms with Crippen LogP contribution in [-0.4, -0.2) is 43.0 Å². The number of nitrogens with zero attached hydrogens (tertiary/aromatic N) is 1. The van der Waals surface area contributed by atoms with E-state index in [4.69, 9.17) is 25.8 Å². The van der Waals surface area contributed by atoms with Gasteiger partial charge in [-0.25, -0.2) is 4.79 Å². The fourth-order valence-electron chi connectivity index (χ4n) is 3.48. The second-order valence-electron chi connectivity index (χ2n) is 6.35. The first kappa shape index (κ1) is 14.9. The third kappa shape index (κ3) is 2.93. The molecule has 3 aliphatic rings. The summed E-state index contributed by atoms with van der Waals surface area (Å²) in [4.78, 5) is 13.7. The molecule has 1 N–H and O–H groups in total. The number of nitrogens with one attached hydrogen (secondary N) is 1. The van der Waals surface area contributed by atoms with Crippen LogP contribution in [0, 0.1) is 0 Å². The normalized spacial score (nSPS) is 26.9. The molecule has 0 radical (unpaired) electrons. The molecule has 2 saturated heterocycles. The highest BCUT2D eigenvalue weighted by Gasteiger charge is 2.41. The van der Waals surface area contributed by atoms with E-state index in [1.54, 1.807) is 0 Å². The van der Waals surface area contributed by atoms with Crippen LogP contribution in [0.25, 0.3) is 0 Å². The second kappa shape index (κ2) is 5.76. The largest absolute Gasteiger partial charge is 0.454 e. The van der Waals surface area contributed by atoms with Crippen LogP contribution in [0.1, 0.15) is 24.8 Å². The van der Waals surface area contributed by atoms with Gasteiger partial charge in [-0.1, -0.05) is 11.6 Å². The minimum atomic E-state index is -0.329. The van der Waals surface area contributed by atoms with E-state index in [1.807, 2.05) is 12.1 Å². The number of rotatable bonds is 2. The Hall–Kier alpha value is -1.66. The summed E-state index contributed by atoms with van der Waals surface area (Å²) >= 11 is 6.37. The Morgan fingerprint density at radius 3 is 2.83 bits per heavy atom. The van der Waals surface area contributed by atoms with E-state index in [1.165, 1.54) is 0 Å². The monoisotopic (exact) mass is 338 g/mol. The molecule has 0 saturated carbocycles. The van der Waals surface area contributed by atoms with Gasteiger partial charge in [0.25, 0.3) is 0 Å². The van der Waals surface area contributed by atoms with E-state index in [0.717, 1.165) is 50.2 Å². The van der Waals surface area contributed by atoms with Crippen LogP contribution in [-0.2, 0) is 11.3 Å². The Morgan fingerprint density at radius 2 is 2.04 bits per heavy atom. The molecule has 1 aromatic carbocycles. The standard InChI is InChI=1S/C16H19ClN2O4/c17-12-7-14-13(21-10-22-14)6-11(12)8-19-4-1-2-16(3-5-19)9-18-15(20)23-16/h6-7H,1-5,8-10H2,(H,18,20)/t16-/m0/s1. The van der Waals surface area contributed by atoms with Crippen molar-refractivity contribution in [2.45, 2.75) is 31.4 Å². The highest BCUT2D eigenvalue weighted by Crippen LogP contribution is 2.37. The summed E-state index contributed by atoms with van der Waals surface area (Å²) in [7, 11) is 0. The Morgan fingerprint density at radius 1 is 1.22 bits per heavy atom. The highest BCUT2D eigenvalue weighted by atomic mass is 35.5. The summed E-state index contributed by atoms with van der Waals surface area (Å²) in [5.74, 6) is 1.46. The number of carbonyl (C=O) groups excluding carboxylic acids is 1. The van der Waals surface area contributed by atoms with Gasteiger partial charge in [0.2, 0.25) is 6.79 Å². The molecule has 6 nitrogen and oxygen atoms in total. The van der Waals surface area contributed by atoms with Crippen LogP contribution in [0.2, 0.25) is 5.02 Å². The van der Waals surface area contributed by atoms with Crippen molar-refractivity contribution in [2.24, 2.45) is 0 Å². The van der Waals surface area contributed by atoms with Crippen molar-refractivity contribution in [1.29, 1.82) is 0 Å². The zero-order chi connectivity index (χ0) is 15.9. The molecule has 23 heavy (non-hydrogen) atoms. The van der Waals surface area contributed by atoms with Gasteiger partial charge in [-0.05, 0) is 31.0 Å². The van der Waals surface area contributed by atoms with Crippen LogP contribution >= 0.6 is 11.6 Å². The molecule has 1 spiro atoms. The van der Waals surface area contributed by atoms with Gasteiger partial charge in [-0.15, -0.1) is 0 Å². The summed E-state index contributed by atoms with van der Waals surface area (Å²) in [6.45, 7) is 3.46. The summed E-state index contributed by atoms with van der Waals surface area (Å²) < 4.78 is 16.3. The Balaban J connectivity index is 1.45. The summed E-state index contributed by atoms with van der Waals surface area (Å²) in [6.07, 6.45) is 2.44. The first-order valence-electron chi connectivity index (χ1n) is 7.91. The summed E-state index contributed by atoms with van der Waals surface area (Å²) in [5.41, 5.74) is 0.707. The molecule has 0 bridgehead atoms. The maximum Gasteiger partial charge on any atom is 0.407 e. The lowest BCUT2D eigenvalue weighted by atomic mass is 9.95.